The number of aliphatic carboxylic acids is 3. The summed E-state index contributed by atoms with van der Waals surface area (Å²) in [7, 11) is 0. The van der Waals surface area contributed by atoms with Gasteiger partial charge in [-0.3, -0.25) is 19.3 Å². The largest absolute Gasteiger partial charge is 0.481 e. The third-order valence-corrected chi connectivity index (χ3v) is 3.56. The number of nitrogens with zero attached hydrogens (tertiary/aromatic N) is 1. The van der Waals surface area contributed by atoms with Gasteiger partial charge in [-0.2, -0.15) is 0 Å². The lowest BCUT2D eigenvalue weighted by molar-refractivity contribution is -0.138. The van der Waals surface area contributed by atoms with Crippen molar-refractivity contribution >= 4 is 17.9 Å². The van der Waals surface area contributed by atoms with Crippen molar-refractivity contribution < 1.29 is 29.7 Å². The lowest BCUT2D eigenvalue weighted by Crippen LogP contribution is -2.28. The highest BCUT2D eigenvalue weighted by Crippen LogP contribution is 2.09. The molecule has 0 spiro atoms. The van der Waals surface area contributed by atoms with Crippen LogP contribution in [0.3, 0.4) is 0 Å². The molecule has 0 radical (unpaired) electrons. The van der Waals surface area contributed by atoms with E-state index < -0.39 is 17.9 Å². The van der Waals surface area contributed by atoms with Gasteiger partial charge in [-0.1, -0.05) is 24.3 Å². The van der Waals surface area contributed by atoms with Crippen molar-refractivity contribution in [2.24, 2.45) is 0 Å². The van der Waals surface area contributed by atoms with E-state index in [1.54, 1.807) is 0 Å². The number of hydrogen-bond acceptors (Lipinski definition) is 5. The SMILES string of the molecule is O=C(O)CCNCc1ccc(CN(CCC(=O)O)CCC(=O)O)cc1. The molecular formula is C17H24N2O6. The molecule has 0 atom stereocenters. The molecule has 8 heteroatoms. The summed E-state index contributed by atoms with van der Waals surface area (Å²) >= 11 is 0. The summed E-state index contributed by atoms with van der Waals surface area (Å²) in [5, 5.41) is 29.2. The van der Waals surface area contributed by atoms with Crippen LogP contribution in [0.4, 0.5) is 0 Å². The quantitative estimate of drug-likeness (QED) is 0.387. The highest BCUT2D eigenvalue weighted by atomic mass is 16.4. The predicted molar refractivity (Wildman–Crippen MR) is 90.2 cm³/mol. The van der Waals surface area contributed by atoms with Gasteiger partial charge in [0.05, 0.1) is 19.3 Å². The molecule has 1 aromatic carbocycles. The Labute approximate surface area is 146 Å². The molecule has 0 aromatic heterocycles. The van der Waals surface area contributed by atoms with E-state index in [2.05, 4.69) is 5.32 Å². The minimum absolute atomic E-state index is 0.0365. The normalized spacial score (nSPS) is 10.8. The van der Waals surface area contributed by atoms with Crippen LogP contribution in [0.2, 0.25) is 0 Å². The fourth-order valence-electron chi connectivity index (χ4n) is 2.23. The van der Waals surface area contributed by atoms with Gasteiger partial charge in [-0.15, -0.1) is 0 Å². The third kappa shape index (κ3) is 10.1. The molecule has 0 fully saturated rings. The van der Waals surface area contributed by atoms with E-state index in [0.717, 1.165) is 11.1 Å². The van der Waals surface area contributed by atoms with Crippen molar-refractivity contribution in [1.29, 1.82) is 0 Å². The molecule has 0 saturated carbocycles. The van der Waals surface area contributed by atoms with E-state index in [4.69, 9.17) is 15.3 Å². The van der Waals surface area contributed by atoms with Crippen LogP contribution >= 0.6 is 0 Å². The van der Waals surface area contributed by atoms with Gasteiger partial charge in [0.25, 0.3) is 0 Å². The van der Waals surface area contributed by atoms with Gasteiger partial charge >= 0.3 is 17.9 Å². The van der Waals surface area contributed by atoms with Crippen LogP contribution in [0, 0.1) is 0 Å². The minimum Gasteiger partial charge on any atom is -0.481 e. The Kier molecular flexibility index (Phi) is 9.20. The Bertz CT molecular complexity index is 555. The number of benzene rings is 1. The molecule has 0 aliphatic carbocycles. The monoisotopic (exact) mass is 352 g/mol. The summed E-state index contributed by atoms with van der Waals surface area (Å²) < 4.78 is 0. The molecule has 0 bridgehead atoms. The first-order chi connectivity index (χ1) is 11.9. The van der Waals surface area contributed by atoms with Crippen LogP contribution in [0.15, 0.2) is 24.3 Å². The van der Waals surface area contributed by atoms with Crippen LogP contribution in [0.1, 0.15) is 30.4 Å². The second-order valence-corrected chi connectivity index (χ2v) is 5.70. The smallest absolute Gasteiger partial charge is 0.304 e. The highest BCUT2D eigenvalue weighted by molar-refractivity contribution is 5.67. The lowest BCUT2D eigenvalue weighted by atomic mass is 10.1. The summed E-state index contributed by atoms with van der Waals surface area (Å²) in [6.07, 6.45) is -0.00337. The van der Waals surface area contributed by atoms with Gasteiger partial charge in [0.15, 0.2) is 0 Å². The number of carbonyl (C=O) groups is 3. The first-order valence-electron chi connectivity index (χ1n) is 8.03. The molecule has 0 aliphatic heterocycles. The van der Waals surface area contributed by atoms with Crippen LogP contribution in [-0.4, -0.2) is 57.8 Å². The van der Waals surface area contributed by atoms with Crippen LogP contribution < -0.4 is 5.32 Å². The van der Waals surface area contributed by atoms with Crippen molar-refractivity contribution in [3.05, 3.63) is 35.4 Å². The first kappa shape index (κ1) is 20.6. The summed E-state index contributed by atoms with van der Waals surface area (Å²) in [6.45, 7) is 2.03. The van der Waals surface area contributed by atoms with Crippen molar-refractivity contribution in [3.8, 4) is 0 Å². The zero-order valence-electron chi connectivity index (χ0n) is 14.0. The molecule has 0 amide bonds. The van der Waals surface area contributed by atoms with Crippen LogP contribution in [0.5, 0.6) is 0 Å². The molecule has 25 heavy (non-hydrogen) atoms. The van der Waals surface area contributed by atoms with Crippen molar-refractivity contribution in [1.82, 2.24) is 10.2 Å². The van der Waals surface area contributed by atoms with Gasteiger partial charge in [-0.25, -0.2) is 0 Å². The van der Waals surface area contributed by atoms with E-state index in [9.17, 15) is 14.4 Å². The minimum atomic E-state index is -0.914. The van der Waals surface area contributed by atoms with Gasteiger partial charge in [-0.05, 0) is 11.1 Å². The standard InChI is InChI=1S/C17H24N2O6/c20-15(21)5-8-18-11-13-1-3-14(4-2-13)12-19(9-6-16(22)23)10-7-17(24)25/h1-4,18H,5-12H2,(H,20,21)(H,22,23)(H,24,25). The summed E-state index contributed by atoms with van der Waals surface area (Å²) in [4.78, 5) is 33.7. The van der Waals surface area contributed by atoms with Gasteiger partial charge in [0, 0.05) is 32.7 Å². The fourth-order valence-corrected chi connectivity index (χ4v) is 2.23. The van der Waals surface area contributed by atoms with Crippen LogP contribution in [-0.2, 0) is 27.5 Å². The molecule has 8 nitrogen and oxygen atoms in total. The Hall–Kier alpha value is -2.45. The predicted octanol–water partition coefficient (Wildman–Crippen LogP) is 1.00. The topological polar surface area (TPSA) is 127 Å². The average Bonchev–Trinajstić information content (AvgIpc) is 2.55. The fraction of sp³-hybridized carbons (Fsp3) is 0.471. The Morgan fingerprint density at radius 3 is 1.76 bits per heavy atom. The maximum atomic E-state index is 10.7. The first-order valence-corrected chi connectivity index (χ1v) is 8.03. The van der Waals surface area contributed by atoms with Crippen molar-refractivity contribution in [2.75, 3.05) is 19.6 Å². The Balaban J connectivity index is 2.51. The zero-order valence-corrected chi connectivity index (χ0v) is 14.0. The maximum absolute atomic E-state index is 10.7. The molecule has 1 rings (SSSR count). The van der Waals surface area contributed by atoms with Crippen LogP contribution in [0.25, 0.3) is 0 Å². The van der Waals surface area contributed by atoms with E-state index in [1.807, 2.05) is 29.2 Å². The second-order valence-electron chi connectivity index (χ2n) is 5.70. The average molecular weight is 352 g/mol. The molecule has 0 unspecified atom stereocenters. The molecule has 138 valence electrons. The molecule has 1 aromatic rings. The summed E-state index contributed by atoms with van der Waals surface area (Å²) in [5.41, 5.74) is 1.97. The Morgan fingerprint density at radius 1 is 0.800 bits per heavy atom. The van der Waals surface area contributed by atoms with Crippen molar-refractivity contribution in [2.45, 2.75) is 32.4 Å². The number of carboxylic acids is 3. The van der Waals surface area contributed by atoms with E-state index in [1.165, 1.54) is 0 Å². The Morgan fingerprint density at radius 2 is 1.28 bits per heavy atom. The van der Waals surface area contributed by atoms with Crippen molar-refractivity contribution in [3.63, 3.8) is 0 Å². The molecule has 0 saturated heterocycles. The molecule has 0 heterocycles. The molecular weight excluding hydrogens is 328 g/mol. The number of nitrogens with one attached hydrogen (secondary N) is 1. The number of hydrogen-bond donors (Lipinski definition) is 4. The van der Waals surface area contributed by atoms with Gasteiger partial charge in [0.2, 0.25) is 0 Å². The third-order valence-electron chi connectivity index (χ3n) is 3.56. The maximum Gasteiger partial charge on any atom is 0.304 e. The zero-order chi connectivity index (χ0) is 18.7. The number of carboxylic acid groups (broad SMARTS) is 3. The summed E-state index contributed by atoms with van der Waals surface area (Å²) in [6, 6.07) is 7.64. The van der Waals surface area contributed by atoms with Gasteiger partial charge < -0.3 is 20.6 Å². The second kappa shape index (κ2) is 11.2. The summed E-state index contributed by atoms with van der Waals surface area (Å²) in [5.74, 6) is -2.67. The molecule has 0 aliphatic rings. The highest BCUT2D eigenvalue weighted by Gasteiger charge is 2.10. The number of rotatable bonds is 13. The van der Waals surface area contributed by atoms with E-state index in [0.29, 0.717) is 32.7 Å². The van der Waals surface area contributed by atoms with E-state index >= 15 is 0 Å². The molecule has 4 N–H and O–H groups in total. The lowest BCUT2D eigenvalue weighted by Gasteiger charge is -2.21. The van der Waals surface area contributed by atoms with E-state index in [-0.39, 0.29) is 19.3 Å². The van der Waals surface area contributed by atoms with Gasteiger partial charge in [0.1, 0.15) is 0 Å².